The number of thiocarbonyl (C=S) groups is 1. The minimum absolute atomic E-state index is 0.0613. The number of carbonyl (C=O) groups is 1. The third-order valence-electron chi connectivity index (χ3n) is 2.45. The van der Waals surface area contributed by atoms with Crippen LogP contribution in [0.5, 0.6) is 0 Å². The smallest absolute Gasteiger partial charge is 0.258 e. The normalized spacial score (nSPS) is 11.8. The maximum absolute atomic E-state index is 11.9. The Balaban J connectivity index is 2.66. The summed E-state index contributed by atoms with van der Waals surface area (Å²) < 4.78 is 0. The molecule has 1 amide bonds. The van der Waals surface area contributed by atoms with Crippen LogP contribution < -0.4 is 10.6 Å². The molecule has 1 rings (SSSR count). The number of hydrogen-bond acceptors (Lipinski definition) is 3. The van der Waals surface area contributed by atoms with E-state index in [1.54, 1.807) is 6.07 Å². The van der Waals surface area contributed by atoms with Crippen LogP contribution in [0.1, 0.15) is 23.7 Å². The molecular formula is C12H14Cl2N2O2S. The summed E-state index contributed by atoms with van der Waals surface area (Å²) in [6.07, 6.45) is 0.689. The Morgan fingerprint density at radius 1 is 1.47 bits per heavy atom. The summed E-state index contributed by atoms with van der Waals surface area (Å²) >= 11 is 16.7. The van der Waals surface area contributed by atoms with Gasteiger partial charge in [0, 0.05) is 5.02 Å². The zero-order valence-electron chi connectivity index (χ0n) is 10.2. The van der Waals surface area contributed by atoms with E-state index in [2.05, 4.69) is 10.6 Å². The van der Waals surface area contributed by atoms with Crippen LogP contribution in [0, 0.1) is 0 Å². The molecule has 0 saturated heterocycles. The minimum atomic E-state index is -0.424. The second kappa shape index (κ2) is 7.65. The zero-order valence-corrected chi connectivity index (χ0v) is 12.6. The van der Waals surface area contributed by atoms with Crippen molar-refractivity contribution < 1.29 is 9.90 Å². The Labute approximate surface area is 127 Å². The molecule has 104 valence electrons. The van der Waals surface area contributed by atoms with Gasteiger partial charge in [0.05, 0.1) is 23.2 Å². The van der Waals surface area contributed by atoms with Crippen LogP contribution in [0.4, 0.5) is 0 Å². The second-order valence-electron chi connectivity index (χ2n) is 3.84. The Kier molecular flexibility index (Phi) is 6.51. The van der Waals surface area contributed by atoms with Crippen molar-refractivity contribution in [1.82, 2.24) is 10.6 Å². The fraction of sp³-hybridized carbons (Fsp3) is 0.333. The third-order valence-corrected chi connectivity index (χ3v) is 3.22. The monoisotopic (exact) mass is 320 g/mol. The van der Waals surface area contributed by atoms with Crippen LogP contribution in [0.25, 0.3) is 0 Å². The molecule has 1 unspecified atom stereocenters. The van der Waals surface area contributed by atoms with Crippen molar-refractivity contribution in [3.05, 3.63) is 33.8 Å². The van der Waals surface area contributed by atoms with E-state index in [0.717, 1.165) is 0 Å². The molecule has 1 aromatic carbocycles. The van der Waals surface area contributed by atoms with Gasteiger partial charge in [-0.1, -0.05) is 30.1 Å². The summed E-state index contributed by atoms with van der Waals surface area (Å²) in [5, 5.41) is 15.2. The summed E-state index contributed by atoms with van der Waals surface area (Å²) in [5.41, 5.74) is 0.285. The summed E-state index contributed by atoms with van der Waals surface area (Å²) in [6, 6.07) is 4.39. The first-order chi connectivity index (χ1) is 8.97. The molecule has 0 aliphatic rings. The number of amides is 1. The predicted molar refractivity (Wildman–Crippen MR) is 80.8 cm³/mol. The van der Waals surface area contributed by atoms with Gasteiger partial charge in [0.2, 0.25) is 0 Å². The predicted octanol–water partition coefficient (Wildman–Crippen LogP) is 2.37. The number of benzene rings is 1. The van der Waals surface area contributed by atoms with Gasteiger partial charge < -0.3 is 10.4 Å². The van der Waals surface area contributed by atoms with Crippen LogP contribution in [-0.2, 0) is 0 Å². The Hall–Kier alpha value is -0.880. The number of nitrogens with one attached hydrogen (secondary N) is 2. The van der Waals surface area contributed by atoms with E-state index in [1.165, 1.54) is 12.1 Å². The molecule has 3 N–H and O–H groups in total. The van der Waals surface area contributed by atoms with Crippen molar-refractivity contribution in [3.63, 3.8) is 0 Å². The Morgan fingerprint density at radius 2 is 2.16 bits per heavy atom. The number of rotatable bonds is 4. The largest absolute Gasteiger partial charge is 0.394 e. The number of aliphatic hydroxyl groups is 1. The van der Waals surface area contributed by atoms with Crippen molar-refractivity contribution in [2.75, 3.05) is 6.61 Å². The van der Waals surface area contributed by atoms with E-state index in [4.69, 9.17) is 40.5 Å². The van der Waals surface area contributed by atoms with Crippen LogP contribution in [0.15, 0.2) is 18.2 Å². The van der Waals surface area contributed by atoms with Crippen LogP contribution in [-0.4, -0.2) is 28.8 Å². The van der Waals surface area contributed by atoms with E-state index in [-0.39, 0.29) is 28.3 Å². The van der Waals surface area contributed by atoms with Crippen molar-refractivity contribution in [3.8, 4) is 0 Å². The highest BCUT2D eigenvalue weighted by Gasteiger charge is 2.13. The topological polar surface area (TPSA) is 61.4 Å². The quantitative estimate of drug-likeness (QED) is 0.745. The standard InChI is InChI=1S/C12H14Cl2N2O2S/c1-2-8(6-17)15-12(19)16-11(18)9-4-3-7(13)5-10(9)14/h3-5,8,17H,2,6H2,1H3,(H2,15,16,18,19). The molecule has 7 heteroatoms. The molecule has 4 nitrogen and oxygen atoms in total. The number of carbonyl (C=O) groups excluding carboxylic acids is 1. The molecule has 0 saturated carbocycles. The summed E-state index contributed by atoms with van der Waals surface area (Å²) in [5.74, 6) is -0.424. The Bertz CT molecular complexity index is 479. The van der Waals surface area contributed by atoms with Gasteiger partial charge in [-0.3, -0.25) is 10.1 Å². The minimum Gasteiger partial charge on any atom is -0.394 e. The molecule has 1 atom stereocenters. The molecular weight excluding hydrogens is 307 g/mol. The van der Waals surface area contributed by atoms with E-state index < -0.39 is 5.91 Å². The zero-order chi connectivity index (χ0) is 14.4. The number of halogens is 2. The molecule has 0 fully saturated rings. The van der Waals surface area contributed by atoms with Gasteiger partial charge in [-0.2, -0.15) is 0 Å². The highest BCUT2D eigenvalue weighted by Crippen LogP contribution is 2.20. The molecule has 0 heterocycles. The van der Waals surface area contributed by atoms with Crippen LogP contribution in [0.2, 0.25) is 10.0 Å². The molecule has 1 aromatic rings. The molecule has 0 aliphatic heterocycles. The maximum Gasteiger partial charge on any atom is 0.258 e. The third kappa shape index (κ3) is 4.95. The lowest BCUT2D eigenvalue weighted by atomic mass is 10.2. The van der Waals surface area contributed by atoms with Crippen molar-refractivity contribution in [2.45, 2.75) is 19.4 Å². The lowest BCUT2D eigenvalue weighted by molar-refractivity contribution is 0.0976. The van der Waals surface area contributed by atoms with Crippen LogP contribution >= 0.6 is 35.4 Å². The summed E-state index contributed by atoms with van der Waals surface area (Å²) in [6.45, 7) is 1.84. The van der Waals surface area contributed by atoms with Gasteiger partial charge in [-0.05, 0) is 36.8 Å². The molecule has 19 heavy (non-hydrogen) atoms. The van der Waals surface area contributed by atoms with E-state index >= 15 is 0 Å². The van der Waals surface area contributed by atoms with Gasteiger partial charge in [-0.15, -0.1) is 0 Å². The maximum atomic E-state index is 11.9. The molecule has 0 aromatic heterocycles. The van der Waals surface area contributed by atoms with Gasteiger partial charge in [0.1, 0.15) is 0 Å². The number of aliphatic hydroxyl groups excluding tert-OH is 1. The van der Waals surface area contributed by atoms with E-state index in [0.29, 0.717) is 11.4 Å². The lowest BCUT2D eigenvalue weighted by Gasteiger charge is -2.16. The van der Waals surface area contributed by atoms with E-state index in [1.807, 2.05) is 6.92 Å². The SMILES string of the molecule is CCC(CO)NC(=S)NC(=O)c1ccc(Cl)cc1Cl. The van der Waals surface area contributed by atoms with Crippen molar-refractivity contribution in [1.29, 1.82) is 0 Å². The average molecular weight is 321 g/mol. The molecule has 0 spiro atoms. The van der Waals surface area contributed by atoms with E-state index in [9.17, 15) is 4.79 Å². The van der Waals surface area contributed by atoms with Crippen molar-refractivity contribution >= 4 is 46.4 Å². The average Bonchev–Trinajstić information content (AvgIpc) is 2.35. The molecule has 0 radical (unpaired) electrons. The van der Waals surface area contributed by atoms with Gasteiger partial charge in [0.25, 0.3) is 5.91 Å². The fourth-order valence-electron chi connectivity index (χ4n) is 1.34. The van der Waals surface area contributed by atoms with Gasteiger partial charge in [0.15, 0.2) is 5.11 Å². The van der Waals surface area contributed by atoms with Gasteiger partial charge in [-0.25, -0.2) is 0 Å². The van der Waals surface area contributed by atoms with Crippen molar-refractivity contribution in [2.24, 2.45) is 0 Å². The summed E-state index contributed by atoms with van der Waals surface area (Å²) in [4.78, 5) is 11.9. The fourth-order valence-corrected chi connectivity index (χ4v) is 2.10. The van der Waals surface area contributed by atoms with Gasteiger partial charge >= 0.3 is 0 Å². The highest BCUT2D eigenvalue weighted by atomic mass is 35.5. The first-order valence-electron chi connectivity index (χ1n) is 5.65. The number of hydrogen-bond donors (Lipinski definition) is 3. The van der Waals surface area contributed by atoms with Crippen LogP contribution in [0.3, 0.4) is 0 Å². The molecule has 0 aliphatic carbocycles. The first-order valence-corrected chi connectivity index (χ1v) is 6.82. The second-order valence-corrected chi connectivity index (χ2v) is 5.09. The molecule has 0 bridgehead atoms. The Morgan fingerprint density at radius 3 is 2.68 bits per heavy atom. The highest BCUT2D eigenvalue weighted by molar-refractivity contribution is 7.80. The lowest BCUT2D eigenvalue weighted by Crippen LogP contribution is -2.45. The first kappa shape index (κ1) is 16.2. The summed E-state index contributed by atoms with van der Waals surface area (Å²) in [7, 11) is 0.